The first-order valence-corrected chi connectivity index (χ1v) is 8.44. The molecule has 124 valence electrons. The van der Waals surface area contributed by atoms with Crippen molar-refractivity contribution < 1.29 is 0 Å². The lowest BCUT2D eigenvalue weighted by atomic mass is 9.71. The van der Waals surface area contributed by atoms with Crippen LogP contribution in [0.25, 0.3) is 0 Å². The van der Waals surface area contributed by atoms with E-state index in [9.17, 15) is 0 Å². The van der Waals surface area contributed by atoms with Gasteiger partial charge in [-0.15, -0.1) is 0 Å². The summed E-state index contributed by atoms with van der Waals surface area (Å²) in [7, 11) is 0. The molecule has 0 saturated heterocycles. The molecule has 2 nitrogen and oxygen atoms in total. The Kier molecular flexibility index (Phi) is 4.74. The quantitative estimate of drug-likeness (QED) is 0.740. The van der Waals surface area contributed by atoms with Crippen molar-refractivity contribution in [1.29, 1.82) is 0 Å². The predicted octanol–water partition coefficient (Wildman–Crippen LogP) is 5.42. The molecule has 2 aromatic carbocycles. The molecule has 2 heteroatoms. The summed E-state index contributed by atoms with van der Waals surface area (Å²) >= 11 is 0. The van der Waals surface area contributed by atoms with Crippen LogP contribution in [0.2, 0.25) is 0 Å². The first-order chi connectivity index (χ1) is 10.6. The molecule has 0 spiro atoms. The fourth-order valence-electron chi connectivity index (χ4n) is 3.40. The van der Waals surface area contributed by atoms with Crippen LogP contribution in [0, 0.1) is 0 Å². The molecule has 0 atom stereocenters. The first kappa shape index (κ1) is 17.4. The van der Waals surface area contributed by atoms with Crippen LogP contribution in [-0.4, -0.2) is 0 Å². The van der Waals surface area contributed by atoms with Crippen molar-refractivity contribution in [1.82, 2.24) is 0 Å². The minimum absolute atomic E-state index is 0.0966. The highest BCUT2D eigenvalue weighted by Crippen LogP contribution is 2.40. The molecule has 0 fully saturated rings. The average Bonchev–Trinajstić information content (AvgIpc) is 2.46. The molecule has 0 aliphatic heterocycles. The maximum atomic E-state index is 6.03. The minimum Gasteiger partial charge on any atom is -0.399 e. The summed E-state index contributed by atoms with van der Waals surface area (Å²) in [4.78, 5) is 0. The number of benzene rings is 2. The monoisotopic (exact) mass is 310 g/mol. The molecule has 0 aromatic heterocycles. The van der Waals surface area contributed by atoms with Crippen LogP contribution in [0.5, 0.6) is 0 Å². The molecule has 0 aliphatic rings. The fourth-order valence-corrected chi connectivity index (χ4v) is 3.40. The third kappa shape index (κ3) is 3.36. The lowest BCUT2D eigenvalue weighted by molar-refractivity contribution is 0.609. The SMILES string of the molecule is CC(C)c1cc(N)ccc1C(C)(C)c1ccc(N)cc1C(C)C. The third-order valence-corrected chi connectivity index (χ3v) is 4.74. The smallest absolute Gasteiger partial charge is 0.0317 e. The zero-order valence-electron chi connectivity index (χ0n) is 15.3. The number of nitrogens with two attached hydrogens (primary N) is 2. The van der Waals surface area contributed by atoms with Gasteiger partial charge in [0.1, 0.15) is 0 Å². The van der Waals surface area contributed by atoms with Crippen molar-refractivity contribution in [3.63, 3.8) is 0 Å². The molecule has 0 amide bonds. The second-order valence-corrected chi connectivity index (χ2v) is 7.63. The van der Waals surface area contributed by atoms with E-state index in [1.807, 2.05) is 12.1 Å². The Morgan fingerprint density at radius 2 is 1.04 bits per heavy atom. The van der Waals surface area contributed by atoms with Gasteiger partial charge in [-0.3, -0.25) is 0 Å². The van der Waals surface area contributed by atoms with Crippen molar-refractivity contribution in [3.8, 4) is 0 Å². The van der Waals surface area contributed by atoms with Gasteiger partial charge in [0.05, 0.1) is 0 Å². The molecule has 0 heterocycles. The number of anilines is 2. The van der Waals surface area contributed by atoms with Crippen molar-refractivity contribution in [2.75, 3.05) is 11.5 Å². The Balaban J connectivity index is 2.68. The van der Waals surface area contributed by atoms with Crippen LogP contribution in [0.1, 0.15) is 75.6 Å². The second-order valence-electron chi connectivity index (χ2n) is 7.63. The summed E-state index contributed by atoms with van der Waals surface area (Å²) in [6.07, 6.45) is 0. The van der Waals surface area contributed by atoms with E-state index < -0.39 is 0 Å². The largest absolute Gasteiger partial charge is 0.399 e. The van der Waals surface area contributed by atoms with Gasteiger partial charge in [0.2, 0.25) is 0 Å². The summed E-state index contributed by atoms with van der Waals surface area (Å²) in [5, 5.41) is 0. The topological polar surface area (TPSA) is 52.0 Å². The van der Waals surface area contributed by atoms with E-state index >= 15 is 0 Å². The molecule has 0 aliphatic carbocycles. The minimum atomic E-state index is -0.0966. The molecule has 0 bridgehead atoms. The normalized spacial score (nSPS) is 12.2. The van der Waals surface area contributed by atoms with Gasteiger partial charge in [0.15, 0.2) is 0 Å². The Labute approximate surface area is 140 Å². The summed E-state index contributed by atoms with van der Waals surface area (Å²) in [5.41, 5.74) is 18.9. The molecule has 0 unspecified atom stereocenters. The maximum absolute atomic E-state index is 6.03. The maximum Gasteiger partial charge on any atom is 0.0317 e. The second kappa shape index (κ2) is 6.27. The summed E-state index contributed by atoms with van der Waals surface area (Å²) in [6, 6.07) is 12.6. The van der Waals surface area contributed by atoms with Crippen LogP contribution in [-0.2, 0) is 5.41 Å². The van der Waals surface area contributed by atoms with E-state index in [-0.39, 0.29) is 5.41 Å². The summed E-state index contributed by atoms with van der Waals surface area (Å²) < 4.78 is 0. The zero-order valence-corrected chi connectivity index (χ0v) is 15.3. The zero-order chi connectivity index (χ0) is 17.4. The first-order valence-electron chi connectivity index (χ1n) is 8.44. The van der Waals surface area contributed by atoms with E-state index in [4.69, 9.17) is 11.5 Å². The Morgan fingerprint density at radius 1 is 0.696 bits per heavy atom. The van der Waals surface area contributed by atoms with Gasteiger partial charge >= 0.3 is 0 Å². The Morgan fingerprint density at radius 3 is 1.35 bits per heavy atom. The molecule has 23 heavy (non-hydrogen) atoms. The summed E-state index contributed by atoms with van der Waals surface area (Å²) in [5.74, 6) is 0.869. The standard InChI is InChI=1S/C21H30N2/c1-13(2)17-11-15(22)7-9-19(17)21(5,6)20-10-8-16(23)12-18(20)14(3)4/h7-14H,22-23H2,1-6H3. The van der Waals surface area contributed by atoms with Gasteiger partial charge in [-0.25, -0.2) is 0 Å². The van der Waals surface area contributed by atoms with Crippen LogP contribution < -0.4 is 11.5 Å². The van der Waals surface area contributed by atoms with Crippen molar-refractivity contribution in [3.05, 3.63) is 58.7 Å². The molecular weight excluding hydrogens is 280 g/mol. The van der Waals surface area contributed by atoms with Gasteiger partial charge in [0, 0.05) is 16.8 Å². The highest BCUT2D eigenvalue weighted by molar-refractivity contribution is 5.55. The van der Waals surface area contributed by atoms with Crippen LogP contribution in [0.15, 0.2) is 36.4 Å². The number of rotatable bonds is 4. The Bertz CT molecular complexity index is 637. The summed E-state index contributed by atoms with van der Waals surface area (Å²) in [6.45, 7) is 13.5. The van der Waals surface area contributed by atoms with Crippen molar-refractivity contribution >= 4 is 11.4 Å². The van der Waals surface area contributed by atoms with E-state index in [0.717, 1.165) is 11.4 Å². The van der Waals surface area contributed by atoms with Gasteiger partial charge < -0.3 is 11.5 Å². The lowest BCUT2D eigenvalue weighted by Crippen LogP contribution is -2.24. The fraction of sp³-hybridized carbons (Fsp3) is 0.429. The predicted molar refractivity (Wildman–Crippen MR) is 102 cm³/mol. The van der Waals surface area contributed by atoms with Crippen LogP contribution >= 0.6 is 0 Å². The molecule has 2 aromatic rings. The van der Waals surface area contributed by atoms with Crippen molar-refractivity contribution in [2.45, 2.75) is 58.8 Å². The molecular formula is C21H30N2. The molecule has 0 saturated carbocycles. The highest BCUT2D eigenvalue weighted by Gasteiger charge is 2.29. The molecule has 4 N–H and O–H groups in total. The van der Waals surface area contributed by atoms with Gasteiger partial charge in [-0.05, 0) is 58.4 Å². The number of hydrogen-bond donors (Lipinski definition) is 2. The van der Waals surface area contributed by atoms with E-state index in [0.29, 0.717) is 11.8 Å². The lowest BCUT2D eigenvalue weighted by Gasteiger charge is -2.33. The number of nitrogen functional groups attached to an aromatic ring is 2. The molecule has 2 rings (SSSR count). The highest BCUT2D eigenvalue weighted by atomic mass is 14.6. The third-order valence-electron chi connectivity index (χ3n) is 4.74. The number of hydrogen-bond acceptors (Lipinski definition) is 2. The van der Waals surface area contributed by atoms with Crippen LogP contribution in [0.3, 0.4) is 0 Å². The average molecular weight is 310 g/mol. The van der Waals surface area contributed by atoms with E-state index in [1.54, 1.807) is 0 Å². The van der Waals surface area contributed by atoms with Crippen LogP contribution in [0.4, 0.5) is 11.4 Å². The van der Waals surface area contributed by atoms with Gasteiger partial charge in [-0.1, -0.05) is 53.7 Å². The van der Waals surface area contributed by atoms with Crippen molar-refractivity contribution in [2.24, 2.45) is 0 Å². The van der Waals surface area contributed by atoms with Gasteiger partial charge in [0.25, 0.3) is 0 Å². The van der Waals surface area contributed by atoms with E-state index in [2.05, 4.69) is 65.8 Å². The molecule has 0 radical (unpaired) electrons. The Hall–Kier alpha value is -1.96. The van der Waals surface area contributed by atoms with E-state index in [1.165, 1.54) is 22.3 Å². The van der Waals surface area contributed by atoms with Gasteiger partial charge in [-0.2, -0.15) is 0 Å².